The minimum atomic E-state index is 0.650. The van der Waals surface area contributed by atoms with Crippen molar-refractivity contribution in [3.05, 3.63) is 29.6 Å². The van der Waals surface area contributed by atoms with E-state index in [4.69, 9.17) is 0 Å². The lowest BCUT2D eigenvalue weighted by Crippen LogP contribution is -1.89. The molecule has 0 unspecified atom stereocenters. The van der Waals surface area contributed by atoms with Gasteiger partial charge in [-0.25, -0.2) is 4.98 Å². The Balaban J connectivity index is 2.39. The van der Waals surface area contributed by atoms with E-state index in [-0.39, 0.29) is 0 Å². The zero-order chi connectivity index (χ0) is 10.4. The Morgan fingerprint density at radius 2 is 2.33 bits per heavy atom. The fourth-order valence-corrected chi connectivity index (χ4v) is 2.19. The number of hydrogen-bond donors (Lipinski definition) is 0. The van der Waals surface area contributed by atoms with Crippen LogP contribution in [0.1, 0.15) is 34.7 Å². The predicted octanol–water partition coefficient (Wildman–Crippen LogP) is 2.26. The van der Waals surface area contributed by atoms with Gasteiger partial charge in [-0.3, -0.25) is 4.79 Å². The van der Waals surface area contributed by atoms with Crippen molar-refractivity contribution in [1.29, 1.82) is 0 Å². The van der Waals surface area contributed by atoms with Crippen LogP contribution in [0, 0.1) is 0 Å². The molecule has 0 bridgehead atoms. The first kappa shape index (κ1) is 8.65. The molecule has 1 aliphatic carbocycles. The number of pyridine rings is 1. The number of fused-ring (bicyclic) bond motifs is 1. The number of carbonyl (C=O) groups excluding carboxylic acids is 1. The summed E-state index contributed by atoms with van der Waals surface area (Å²) in [6.45, 7) is 0. The van der Waals surface area contributed by atoms with Gasteiger partial charge in [0.05, 0.1) is 0 Å². The highest BCUT2D eigenvalue weighted by atomic mass is 16.1. The van der Waals surface area contributed by atoms with Gasteiger partial charge in [-0.2, -0.15) is 0 Å². The molecule has 1 fully saturated rings. The molecular formula is C12H12N2O. The van der Waals surface area contributed by atoms with Crippen molar-refractivity contribution < 1.29 is 4.79 Å². The minimum absolute atomic E-state index is 0.650. The third-order valence-corrected chi connectivity index (χ3v) is 3.06. The lowest BCUT2D eigenvalue weighted by molar-refractivity contribution is 0.112. The molecular weight excluding hydrogens is 188 g/mol. The van der Waals surface area contributed by atoms with E-state index in [0.717, 1.165) is 22.9 Å². The molecule has 2 aromatic rings. The lowest BCUT2D eigenvalue weighted by Gasteiger charge is -2.01. The molecule has 0 atom stereocenters. The topological polar surface area (TPSA) is 34.9 Å². The first-order chi connectivity index (χ1) is 7.31. The van der Waals surface area contributed by atoms with E-state index in [1.54, 1.807) is 0 Å². The van der Waals surface area contributed by atoms with Crippen LogP contribution in [0.4, 0.5) is 0 Å². The van der Waals surface area contributed by atoms with Gasteiger partial charge >= 0.3 is 0 Å². The SMILES string of the molecule is Cn1cc(C=O)c2c(C3CC3)ccnc21. The average Bonchev–Trinajstić information content (AvgIpc) is 3.04. The molecule has 3 rings (SSSR count). The second kappa shape index (κ2) is 2.92. The summed E-state index contributed by atoms with van der Waals surface area (Å²) in [6, 6.07) is 2.05. The Kier molecular flexibility index (Phi) is 1.69. The molecule has 0 aliphatic heterocycles. The molecule has 0 radical (unpaired) electrons. The molecule has 76 valence electrons. The van der Waals surface area contributed by atoms with Crippen LogP contribution < -0.4 is 0 Å². The van der Waals surface area contributed by atoms with Gasteiger partial charge in [-0.05, 0) is 30.4 Å². The summed E-state index contributed by atoms with van der Waals surface area (Å²) in [5.41, 5.74) is 2.98. The maximum Gasteiger partial charge on any atom is 0.152 e. The molecule has 0 aromatic carbocycles. The third kappa shape index (κ3) is 1.19. The average molecular weight is 200 g/mol. The van der Waals surface area contributed by atoms with Crippen LogP contribution in [-0.4, -0.2) is 15.8 Å². The zero-order valence-electron chi connectivity index (χ0n) is 8.60. The molecule has 2 heterocycles. The number of carbonyl (C=O) groups is 1. The Labute approximate surface area is 87.7 Å². The molecule has 0 N–H and O–H groups in total. The summed E-state index contributed by atoms with van der Waals surface area (Å²) in [6.07, 6.45) is 7.11. The molecule has 15 heavy (non-hydrogen) atoms. The van der Waals surface area contributed by atoms with Crippen LogP contribution in [0.3, 0.4) is 0 Å². The highest BCUT2D eigenvalue weighted by Gasteiger charge is 2.27. The summed E-state index contributed by atoms with van der Waals surface area (Å²) in [5.74, 6) is 0.650. The number of nitrogens with zero attached hydrogens (tertiary/aromatic N) is 2. The van der Waals surface area contributed by atoms with Crippen molar-refractivity contribution in [3.63, 3.8) is 0 Å². The van der Waals surface area contributed by atoms with Crippen molar-refractivity contribution in [2.75, 3.05) is 0 Å². The highest BCUT2D eigenvalue weighted by molar-refractivity contribution is 5.98. The minimum Gasteiger partial charge on any atom is -0.335 e. The number of aromatic nitrogens is 2. The molecule has 3 heteroatoms. The fraction of sp³-hybridized carbons (Fsp3) is 0.333. The van der Waals surface area contributed by atoms with Crippen molar-refractivity contribution in [3.8, 4) is 0 Å². The van der Waals surface area contributed by atoms with E-state index < -0.39 is 0 Å². The second-order valence-corrected chi connectivity index (χ2v) is 4.19. The van der Waals surface area contributed by atoms with E-state index in [1.165, 1.54) is 18.4 Å². The molecule has 1 aliphatic rings. The van der Waals surface area contributed by atoms with Crippen molar-refractivity contribution in [1.82, 2.24) is 9.55 Å². The van der Waals surface area contributed by atoms with Crippen LogP contribution in [0.15, 0.2) is 18.5 Å². The van der Waals surface area contributed by atoms with Crippen LogP contribution in [0.25, 0.3) is 11.0 Å². The Morgan fingerprint density at radius 3 is 3.00 bits per heavy atom. The Bertz CT molecular complexity index is 538. The predicted molar refractivity (Wildman–Crippen MR) is 58.1 cm³/mol. The lowest BCUT2D eigenvalue weighted by atomic mass is 10.1. The van der Waals surface area contributed by atoms with Gasteiger partial charge in [-0.1, -0.05) is 0 Å². The first-order valence-electron chi connectivity index (χ1n) is 5.20. The summed E-state index contributed by atoms with van der Waals surface area (Å²) >= 11 is 0. The largest absolute Gasteiger partial charge is 0.335 e. The fourth-order valence-electron chi connectivity index (χ4n) is 2.19. The summed E-state index contributed by atoms with van der Waals surface area (Å²) in [5, 5.41) is 1.05. The summed E-state index contributed by atoms with van der Waals surface area (Å²) in [7, 11) is 1.93. The van der Waals surface area contributed by atoms with Crippen LogP contribution >= 0.6 is 0 Å². The smallest absolute Gasteiger partial charge is 0.152 e. The second-order valence-electron chi connectivity index (χ2n) is 4.19. The number of aryl methyl sites for hydroxylation is 1. The van der Waals surface area contributed by atoms with Crippen LogP contribution in [0.2, 0.25) is 0 Å². The van der Waals surface area contributed by atoms with Crippen LogP contribution in [-0.2, 0) is 7.05 Å². The van der Waals surface area contributed by atoms with Gasteiger partial charge in [0.2, 0.25) is 0 Å². The normalized spacial score (nSPS) is 15.8. The standard InChI is InChI=1S/C12H12N2O/c1-14-6-9(7-15)11-10(8-2-3-8)4-5-13-12(11)14/h4-8H,2-3H2,1H3. The van der Waals surface area contributed by atoms with E-state index in [1.807, 2.05) is 30.1 Å². The van der Waals surface area contributed by atoms with E-state index in [0.29, 0.717) is 5.92 Å². The van der Waals surface area contributed by atoms with E-state index >= 15 is 0 Å². The first-order valence-corrected chi connectivity index (χ1v) is 5.20. The van der Waals surface area contributed by atoms with E-state index in [2.05, 4.69) is 4.98 Å². The van der Waals surface area contributed by atoms with Gasteiger partial charge in [0.15, 0.2) is 6.29 Å². The van der Waals surface area contributed by atoms with Crippen molar-refractivity contribution in [2.45, 2.75) is 18.8 Å². The van der Waals surface area contributed by atoms with Gasteiger partial charge in [0.25, 0.3) is 0 Å². The Hall–Kier alpha value is -1.64. The molecule has 0 saturated heterocycles. The van der Waals surface area contributed by atoms with Crippen LogP contribution in [0.5, 0.6) is 0 Å². The number of rotatable bonds is 2. The van der Waals surface area contributed by atoms with Gasteiger partial charge < -0.3 is 4.57 Å². The molecule has 0 amide bonds. The third-order valence-electron chi connectivity index (χ3n) is 3.06. The van der Waals surface area contributed by atoms with Crippen molar-refractivity contribution in [2.24, 2.45) is 7.05 Å². The molecule has 0 spiro atoms. The van der Waals surface area contributed by atoms with Gasteiger partial charge in [-0.15, -0.1) is 0 Å². The van der Waals surface area contributed by atoms with Crippen molar-refractivity contribution >= 4 is 17.3 Å². The van der Waals surface area contributed by atoms with E-state index in [9.17, 15) is 4.79 Å². The monoisotopic (exact) mass is 200 g/mol. The highest BCUT2D eigenvalue weighted by Crippen LogP contribution is 2.43. The van der Waals surface area contributed by atoms with Gasteiger partial charge in [0.1, 0.15) is 5.65 Å². The summed E-state index contributed by atoms with van der Waals surface area (Å²) < 4.78 is 1.92. The molecule has 3 nitrogen and oxygen atoms in total. The number of hydrogen-bond acceptors (Lipinski definition) is 2. The zero-order valence-corrected chi connectivity index (χ0v) is 8.60. The maximum atomic E-state index is 11.0. The Morgan fingerprint density at radius 1 is 1.53 bits per heavy atom. The number of aldehydes is 1. The summed E-state index contributed by atoms with van der Waals surface area (Å²) in [4.78, 5) is 15.3. The molecule has 1 saturated carbocycles. The molecule has 2 aromatic heterocycles. The quantitative estimate of drug-likeness (QED) is 0.697. The van der Waals surface area contributed by atoms with Gasteiger partial charge in [0, 0.05) is 30.4 Å². The maximum absolute atomic E-state index is 11.0.